The van der Waals surface area contributed by atoms with Crippen LogP contribution in [0, 0.1) is 5.41 Å². The summed E-state index contributed by atoms with van der Waals surface area (Å²) in [4.78, 5) is 17.1. The van der Waals surface area contributed by atoms with Gasteiger partial charge in [-0.15, -0.1) is 0 Å². The molecule has 0 amide bonds. The van der Waals surface area contributed by atoms with Gasteiger partial charge in [-0.1, -0.05) is 12.1 Å². The zero-order chi connectivity index (χ0) is 14.3. The highest BCUT2D eigenvalue weighted by atomic mass is 16.5. The van der Waals surface area contributed by atoms with Crippen LogP contribution in [0.25, 0.3) is 11.0 Å². The first-order valence-electron chi connectivity index (χ1n) is 6.79. The largest absolute Gasteiger partial charge is 0.379 e. The van der Waals surface area contributed by atoms with Gasteiger partial charge in [0.05, 0.1) is 36.1 Å². The summed E-state index contributed by atoms with van der Waals surface area (Å²) < 4.78 is 7.32. The van der Waals surface area contributed by atoms with Crippen molar-refractivity contribution in [3.8, 4) is 0 Å². The Morgan fingerprint density at radius 2 is 2.30 bits per heavy atom. The number of aromatic nitrogens is 2. The monoisotopic (exact) mass is 273 g/mol. The van der Waals surface area contributed by atoms with Gasteiger partial charge in [-0.3, -0.25) is 4.79 Å². The Balaban J connectivity index is 1.90. The third-order valence-corrected chi connectivity index (χ3v) is 4.35. The van der Waals surface area contributed by atoms with Crippen LogP contribution >= 0.6 is 0 Å². The summed E-state index contributed by atoms with van der Waals surface area (Å²) >= 11 is 0. The molecular weight excluding hydrogens is 254 g/mol. The van der Waals surface area contributed by atoms with Crippen molar-refractivity contribution in [3.63, 3.8) is 0 Å². The van der Waals surface area contributed by atoms with Gasteiger partial charge in [-0.05, 0) is 19.1 Å². The molecule has 1 aliphatic rings. The van der Waals surface area contributed by atoms with E-state index in [9.17, 15) is 4.79 Å². The summed E-state index contributed by atoms with van der Waals surface area (Å²) in [5, 5.41) is 0. The van der Waals surface area contributed by atoms with Crippen molar-refractivity contribution in [2.45, 2.75) is 19.4 Å². The highest BCUT2D eigenvalue weighted by molar-refractivity contribution is 5.88. The van der Waals surface area contributed by atoms with Crippen LogP contribution < -0.4 is 5.73 Å². The van der Waals surface area contributed by atoms with Gasteiger partial charge in [0.1, 0.15) is 11.6 Å². The van der Waals surface area contributed by atoms with Gasteiger partial charge in [-0.25, -0.2) is 4.98 Å². The summed E-state index contributed by atoms with van der Waals surface area (Å²) in [5.41, 5.74) is 7.36. The molecule has 20 heavy (non-hydrogen) atoms. The van der Waals surface area contributed by atoms with E-state index in [-0.39, 0.29) is 11.8 Å². The predicted octanol–water partition coefficient (Wildman–Crippen LogP) is 1.05. The van der Waals surface area contributed by atoms with Gasteiger partial charge in [0.15, 0.2) is 0 Å². The number of fused-ring (bicyclic) bond motifs is 1. The second-order valence-corrected chi connectivity index (χ2v) is 5.71. The molecule has 2 aromatic rings. The van der Waals surface area contributed by atoms with Crippen LogP contribution in [0.3, 0.4) is 0 Å². The number of ketones is 1. The molecule has 0 saturated carbocycles. The molecule has 1 aromatic carbocycles. The molecule has 5 nitrogen and oxygen atoms in total. The van der Waals surface area contributed by atoms with Crippen molar-refractivity contribution in [3.05, 3.63) is 30.1 Å². The van der Waals surface area contributed by atoms with Gasteiger partial charge in [0.25, 0.3) is 0 Å². The van der Waals surface area contributed by atoms with Crippen molar-refractivity contribution < 1.29 is 9.53 Å². The van der Waals surface area contributed by atoms with Gasteiger partial charge in [0, 0.05) is 13.1 Å². The van der Waals surface area contributed by atoms with E-state index in [1.54, 1.807) is 0 Å². The zero-order valence-electron chi connectivity index (χ0n) is 11.8. The molecular formula is C15H19N3O2. The Kier molecular flexibility index (Phi) is 3.11. The summed E-state index contributed by atoms with van der Waals surface area (Å²) in [6.45, 7) is 2.73. The number of para-hydroxylation sites is 2. The molecule has 3 rings (SSSR count). The average Bonchev–Trinajstić information content (AvgIpc) is 2.93. The summed E-state index contributed by atoms with van der Waals surface area (Å²) in [6.07, 6.45) is 0.290. The van der Waals surface area contributed by atoms with Crippen LogP contribution in [0.5, 0.6) is 0 Å². The van der Waals surface area contributed by atoms with E-state index in [0.717, 1.165) is 16.9 Å². The molecule has 1 aliphatic heterocycles. The molecule has 0 spiro atoms. The van der Waals surface area contributed by atoms with E-state index in [0.29, 0.717) is 19.6 Å². The number of ether oxygens (including phenoxy) is 1. The predicted molar refractivity (Wildman–Crippen MR) is 76.3 cm³/mol. The maximum Gasteiger partial charge on any atom is 0.150 e. The fourth-order valence-electron chi connectivity index (χ4n) is 2.68. The highest BCUT2D eigenvalue weighted by Crippen LogP contribution is 2.29. The second-order valence-electron chi connectivity index (χ2n) is 5.71. The number of benzene rings is 1. The normalized spacial score (nSPS) is 26.2. The molecule has 1 saturated heterocycles. The lowest BCUT2D eigenvalue weighted by Crippen LogP contribution is -2.45. The number of carbonyl (C=O) groups is 1. The second kappa shape index (κ2) is 4.68. The van der Waals surface area contributed by atoms with E-state index in [1.807, 2.05) is 42.8 Å². The van der Waals surface area contributed by atoms with Crippen LogP contribution in [-0.4, -0.2) is 34.6 Å². The lowest BCUT2D eigenvalue weighted by atomic mass is 9.80. The van der Waals surface area contributed by atoms with Crippen LogP contribution in [0.4, 0.5) is 0 Å². The minimum atomic E-state index is -0.599. The van der Waals surface area contributed by atoms with Gasteiger partial charge >= 0.3 is 0 Å². The number of aryl methyl sites for hydroxylation is 1. The number of hydrogen-bond acceptors (Lipinski definition) is 4. The third-order valence-electron chi connectivity index (χ3n) is 4.35. The Bertz CT molecular complexity index is 664. The third kappa shape index (κ3) is 1.94. The first-order valence-corrected chi connectivity index (χ1v) is 6.79. The van der Waals surface area contributed by atoms with Crippen LogP contribution in [0.2, 0.25) is 0 Å². The van der Waals surface area contributed by atoms with Crippen molar-refractivity contribution in [2.75, 3.05) is 13.2 Å². The van der Waals surface area contributed by atoms with Crippen LogP contribution in [0.15, 0.2) is 24.3 Å². The number of imidazole rings is 1. The fraction of sp³-hybridized carbons (Fsp3) is 0.467. The van der Waals surface area contributed by atoms with Crippen molar-refractivity contribution in [1.82, 2.24) is 9.55 Å². The first-order chi connectivity index (χ1) is 9.52. The molecule has 2 atom stereocenters. The molecule has 106 valence electrons. The molecule has 2 heterocycles. The molecule has 2 N–H and O–H groups in total. The number of rotatable bonds is 3. The Morgan fingerprint density at radius 1 is 1.55 bits per heavy atom. The zero-order valence-corrected chi connectivity index (χ0v) is 11.8. The van der Waals surface area contributed by atoms with Gasteiger partial charge in [-0.2, -0.15) is 0 Å². The first kappa shape index (κ1) is 13.3. The minimum Gasteiger partial charge on any atom is -0.379 e. The van der Waals surface area contributed by atoms with E-state index in [4.69, 9.17) is 10.5 Å². The Morgan fingerprint density at radius 3 is 2.95 bits per heavy atom. The maximum absolute atomic E-state index is 12.6. The molecule has 0 bridgehead atoms. The number of hydrogen-bond donors (Lipinski definition) is 1. The fourth-order valence-corrected chi connectivity index (χ4v) is 2.68. The molecule has 0 aliphatic carbocycles. The quantitative estimate of drug-likeness (QED) is 0.907. The number of carbonyl (C=O) groups excluding carboxylic acids is 1. The minimum absolute atomic E-state index is 0.0981. The average molecular weight is 273 g/mol. The summed E-state index contributed by atoms with van der Waals surface area (Å²) in [6, 6.07) is 7.64. The SMILES string of the molecule is Cn1c(CC(=O)C2(C)COCC2N)nc2ccccc21. The van der Waals surface area contributed by atoms with Crippen molar-refractivity contribution >= 4 is 16.8 Å². The lowest BCUT2D eigenvalue weighted by molar-refractivity contribution is -0.127. The Labute approximate surface area is 117 Å². The Hall–Kier alpha value is -1.72. The van der Waals surface area contributed by atoms with Crippen LogP contribution in [-0.2, 0) is 23.0 Å². The maximum atomic E-state index is 12.6. The van der Waals surface area contributed by atoms with Gasteiger partial charge in [0.2, 0.25) is 0 Å². The standard InChI is InChI=1S/C15H19N3O2/c1-15(9-20-8-12(15)16)13(19)7-14-17-10-5-3-4-6-11(10)18(14)2/h3-6,12H,7-9,16H2,1-2H3. The van der Waals surface area contributed by atoms with E-state index < -0.39 is 5.41 Å². The van der Waals surface area contributed by atoms with Crippen molar-refractivity contribution in [1.29, 1.82) is 0 Å². The molecule has 1 fully saturated rings. The summed E-state index contributed by atoms with van der Waals surface area (Å²) in [7, 11) is 1.94. The smallest absolute Gasteiger partial charge is 0.150 e. The topological polar surface area (TPSA) is 70.1 Å². The summed E-state index contributed by atoms with van der Waals surface area (Å²) in [5.74, 6) is 0.873. The molecule has 1 aromatic heterocycles. The van der Waals surface area contributed by atoms with E-state index in [2.05, 4.69) is 4.98 Å². The van der Waals surface area contributed by atoms with Crippen LogP contribution in [0.1, 0.15) is 12.7 Å². The number of nitrogens with two attached hydrogens (primary N) is 1. The molecule has 0 radical (unpaired) electrons. The van der Waals surface area contributed by atoms with Crippen molar-refractivity contribution in [2.24, 2.45) is 18.2 Å². The number of Topliss-reactive ketones (excluding diaryl/α,β-unsaturated/α-hetero) is 1. The van der Waals surface area contributed by atoms with Gasteiger partial charge < -0.3 is 15.0 Å². The molecule has 2 unspecified atom stereocenters. The number of nitrogens with zero attached hydrogens (tertiary/aromatic N) is 2. The van der Waals surface area contributed by atoms with E-state index in [1.165, 1.54) is 0 Å². The van der Waals surface area contributed by atoms with E-state index >= 15 is 0 Å². The highest BCUT2D eigenvalue weighted by Gasteiger charge is 2.44. The molecule has 5 heteroatoms. The lowest BCUT2D eigenvalue weighted by Gasteiger charge is -2.24.